The average molecular weight is 330 g/mol. The van der Waals surface area contributed by atoms with E-state index in [1.807, 2.05) is 25.7 Å². The second-order valence-electron chi connectivity index (χ2n) is 6.89. The molecule has 0 unspecified atom stereocenters. The summed E-state index contributed by atoms with van der Waals surface area (Å²) in [4.78, 5) is 31.9. The average Bonchev–Trinajstić information content (AvgIpc) is 2.86. The van der Waals surface area contributed by atoms with E-state index in [0.717, 1.165) is 32.5 Å². The van der Waals surface area contributed by atoms with Crippen molar-refractivity contribution in [3.63, 3.8) is 0 Å². The van der Waals surface area contributed by atoms with Crippen molar-refractivity contribution in [3.8, 4) is 0 Å². The van der Waals surface area contributed by atoms with Gasteiger partial charge in [-0.05, 0) is 53.0 Å². The Morgan fingerprint density at radius 3 is 1.91 bits per heavy atom. The summed E-state index contributed by atoms with van der Waals surface area (Å²) in [6, 6.07) is 0. The first kappa shape index (κ1) is 19.2. The minimum atomic E-state index is -1.82. The Morgan fingerprint density at radius 1 is 1.04 bits per heavy atom. The van der Waals surface area contributed by atoms with Gasteiger partial charge in [-0.1, -0.05) is 0 Å². The maximum Gasteiger partial charge on any atom is 0.414 e. The molecule has 2 aliphatic heterocycles. The molecule has 0 aliphatic carbocycles. The number of carbonyl (C=O) groups is 3. The van der Waals surface area contributed by atoms with Gasteiger partial charge in [0.05, 0.1) is 0 Å². The fraction of sp³-hybridized carbons (Fsp3) is 0.800. The van der Waals surface area contributed by atoms with Crippen molar-refractivity contribution in [1.29, 1.82) is 0 Å². The Morgan fingerprint density at radius 2 is 1.57 bits per heavy atom. The first-order valence-corrected chi connectivity index (χ1v) is 7.74. The van der Waals surface area contributed by atoms with Crippen molar-refractivity contribution in [2.75, 3.05) is 19.6 Å². The number of hydrogen-bond acceptors (Lipinski definition) is 5. The number of amides is 1. The lowest BCUT2D eigenvalue weighted by Gasteiger charge is -2.39. The Balaban J connectivity index is 0.000000379. The van der Waals surface area contributed by atoms with Gasteiger partial charge in [0.25, 0.3) is 0 Å². The number of nitrogens with one attached hydrogen (secondary N) is 1. The first-order chi connectivity index (χ1) is 10.5. The third-order valence-electron chi connectivity index (χ3n) is 3.89. The molecule has 0 radical (unpaired) electrons. The molecule has 2 heterocycles. The summed E-state index contributed by atoms with van der Waals surface area (Å²) in [5.41, 5.74) is -0.0731. The van der Waals surface area contributed by atoms with Gasteiger partial charge in [0.2, 0.25) is 0 Å². The van der Waals surface area contributed by atoms with Gasteiger partial charge in [-0.25, -0.2) is 14.4 Å². The van der Waals surface area contributed by atoms with E-state index in [1.54, 1.807) is 0 Å². The van der Waals surface area contributed by atoms with Crippen molar-refractivity contribution in [2.24, 2.45) is 0 Å². The van der Waals surface area contributed by atoms with Gasteiger partial charge in [-0.3, -0.25) is 0 Å². The molecular weight excluding hydrogens is 304 g/mol. The Hall–Kier alpha value is -1.83. The highest BCUT2D eigenvalue weighted by Gasteiger charge is 2.38. The lowest BCUT2D eigenvalue weighted by molar-refractivity contribution is -0.159. The maximum absolute atomic E-state index is 11.9. The van der Waals surface area contributed by atoms with Gasteiger partial charge in [-0.2, -0.15) is 0 Å². The second-order valence-corrected chi connectivity index (χ2v) is 6.89. The summed E-state index contributed by atoms with van der Waals surface area (Å²) in [5, 5.41) is 18.4. The highest BCUT2D eigenvalue weighted by Crippen LogP contribution is 2.31. The van der Waals surface area contributed by atoms with E-state index in [-0.39, 0.29) is 6.09 Å². The number of carboxylic acids is 2. The van der Waals surface area contributed by atoms with Gasteiger partial charge in [0.15, 0.2) is 0 Å². The van der Waals surface area contributed by atoms with Gasteiger partial charge in [0, 0.05) is 18.6 Å². The van der Waals surface area contributed by atoms with Crippen LogP contribution in [0.25, 0.3) is 0 Å². The molecule has 1 spiro atoms. The number of carbonyl (C=O) groups excluding carboxylic acids is 1. The fourth-order valence-electron chi connectivity index (χ4n) is 2.74. The Kier molecular flexibility index (Phi) is 6.37. The zero-order valence-corrected chi connectivity index (χ0v) is 13.9. The van der Waals surface area contributed by atoms with Gasteiger partial charge >= 0.3 is 18.0 Å². The van der Waals surface area contributed by atoms with Crippen molar-refractivity contribution < 1.29 is 29.3 Å². The van der Waals surface area contributed by atoms with E-state index in [1.165, 1.54) is 12.8 Å². The van der Waals surface area contributed by atoms with Crippen LogP contribution >= 0.6 is 0 Å². The van der Waals surface area contributed by atoms with Gasteiger partial charge in [-0.15, -0.1) is 0 Å². The molecule has 8 nitrogen and oxygen atoms in total. The van der Waals surface area contributed by atoms with Crippen LogP contribution in [0.2, 0.25) is 0 Å². The largest absolute Gasteiger partial charge is 0.473 e. The van der Waals surface area contributed by atoms with Crippen LogP contribution < -0.4 is 5.32 Å². The van der Waals surface area contributed by atoms with Crippen LogP contribution in [0.5, 0.6) is 0 Å². The van der Waals surface area contributed by atoms with E-state index >= 15 is 0 Å². The summed E-state index contributed by atoms with van der Waals surface area (Å²) in [5.74, 6) is -3.65. The van der Waals surface area contributed by atoms with Gasteiger partial charge in [0.1, 0.15) is 5.60 Å². The molecule has 2 aliphatic rings. The van der Waals surface area contributed by atoms with E-state index in [0.29, 0.717) is 5.54 Å². The van der Waals surface area contributed by atoms with Gasteiger partial charge < -0.3 is 25.2 Å². The van der Waals surface area contributed by atoms with Crippen LogP contribution in [0.3, 0.4) is 0 Å². The normalized spacial score (nSPS) is 19.7. The number of hydrogen-bond donors (Lipinski definition) is 3. The van der Waals surface area contributed by atoms with Crippen LogP contribution in [-0.2, 0) is 14.3 Å². The fourth-order valence-corrected chi connectivity index (χ4v) is 2.74. The highest BCUT2D eigenvalue weighted by atomic mass is 16.6. The summed E-state index contributed by atoms with van der Waals surface area (Å²) < 4.78 is 5.39. The number of carboxylic acid groups (broad SMARTS) is 2. The van der Waals surface area contributed by atoms with Crippen LogP contribution in [-0.4, -0.2) is 63.9 Å². The number of piperidine rings is 1. The quantitative estimate of drug-likeness (QED) is 0.573. The topological polar surface area (TPSA) is 116 Å². The molecule has 0 aromatic heterocycles. The van der Waals surface area contributed by atoms with E-state index in [4.69, 9.17) is 24.5 Å². The highest BCUT2D eigenvalue weighted by molar-refractivity contribution is 6.27. The molecule has 0 aromatic carbocycles. The van der Waals surface area contributed by atoms with Crippen LogP contribution in [0.1, 0.15) is 46.5 Å². The molecule has 8 heteroatoms. The van der Waals surface area contributed by atoms with Crippen molar-refractivity contribution in [2.45, 2.75) is 57.6 Å². The van der Waals surface area contributed by atoms with E-state index < -0.39 is 17.5 Å². The van der Waals surface area contributed by atoms with E-state index in [2.05, 4.69) is 5.32 Å². The maximum atomic E-state index is 11.9. The first-order valence-electron chi connectivity index (χ1n) is 7.74. The zero-order chi connectivity index (χ0) is 17.7. The minimum absolute atomic E-state index is 0.162. The predicted molar refractivity (Wildman–Crippen MR) is 82.3 cm³/mol. The predicted octanol–water partition coefficient (Wildman–Crippen LogP) is 1.30. The third-order valence-corrected chi connectivity index (χ3v) is 3.89. The number of nitrogens with zero attached hydrogens (tertiary/aromatic N) is 1. The number of aliphatic carboxylic acids is 2. The molecule has 3 N–H and O–H groups in total. The molecule has 132 valence electrons. The van der Waals surface area contributed by atoms with Crippen LogP contribution in [0.15, 0.2) is 0 Å². The third kappa shape index (κ3) is 6.43. The smallest absolute Gasteiger partial charge is 0.414 e. The summed E-state index contributed by atoms with van der Waals surface area (Å²) in [6.07, 6.45) is 4.49. The number of ether oxygens (including phenoxy) is 1. The zero-order valence-electron chi connectivity index (χ0n) is 13.9. The number of likely N-dealkylation sites (tertiary alicyclic amines) is 1. The molecule has 0 aromatic rings. The monoisotopic (exact) mass is 330 g/mol. The summed E-state index contributed by atoms with van der Waals surface area (Å²) in [7, 11) is 0. The molecular formula is C15H26N2O6. The Bertz CT molecular complexity index is 429. The number of rotatable bonds is 0. The molecule has 2 rings (SSSR count). The molecule has 0 atom stereocenters. The Labute approximate surface area is 135 Å². The van der Waals surface area contributed by atoms with E-state index in [9.17, 15) is 4.79 Å². The van der Waals surface area contributed by atoms with Crippen LogP contribution in [0.4, 0.5) is 4.79 Å². The second kappa shape index (κ2) is 7.63. The lowest BCUT2D eigenvalue weighted by atomic mass is 9.86. The molecule has 1 amide bonds. The molecule has 2 saturated heterocycles. The molecule has 0 saturated carbocycles. The molecule has 0 bridgehead atoms. The molecule has 23 heavy (non-hydrogen) atoms. The minimum Gasteiger partial charge on any atom is -0.473 e. The van der Waals surface area contributed by atoms with Crippen molar-refractivity contribution >= 4 is 18.0 Å². The van der Waals surface area contributed by atoms with Crippen molar-refractivity contribution in [3.05, 3.63) is 0 Å². The standard InChI is InChI=1S/C13H24N2O2.C2H2O4/c1-12(2,3)17-11(16)15-9-6-13(7-10-15)5-4-8-14-13;3-1(4)2(5)6/h14H,4-10H2,1-3H3;(H,3,4)(H,5,6). The SMILES string of the molecule is CC(C)(C)OC(=O)N1CCC2(CCCN2)CC1.O=C(O)C(=O)O. The lowest BCUT2D eigenvalue weighted by Crippen LogP contribution is -2.52. The molecule has 2 fully saturated rings. The summed E-state index contributed by atoms with van der Waals surface area (Å²) >= 11 is 0. The summed E-state index contributed by atoms with van der Waals surface area (Å²) in [6.45, 7) is 8.51. The van der Waals surface area contributed by atoms with Crippen LogP contribution in [0, 0.1) is 0 Å². The van der Waals surface area contributed by atoms with Crippen molar-refractivity contribution in [1.82, 2.24) is 10.2 Å².